The summed E-state index contributed by atoms with van der Waals surface area (Å²) in [6, 6.07) is 11.8. The van der Waals surface area contributed by atoms with E-state index in [1.165, 1.54) is 0 Å². The molecule has 3 rings (SSSR count). The van der Waals surface area contributed by atoms with Crippen molar-refractivity contribution >= 4 is 11.1 Å². The lowest BCUT2D eigenvalue weighted by molar-refractivity contribution is 0.842. The molecule has 2 heterocycles. The van der Waals surface area contributed by atoms with Crippen LogP contribution in [0.2, 0.25) is 0 Å². The summed E-state index contributed by atoms with van der Waals surface area (Å²) in [5.74, 6) is 0. The van der Waals surface area contributed by atoms with Crippen LogP contribution in [0.5, 0.6) is 0 Å². The van der Waals surface area contributed by atoms with Crippen molar-refractivity contribution in [2.24, 2.45) is 14.1 Å². The van der Waals surface area contributed by atoms with Crippen LogP contribution in [-0.4, -0.2) is 9.13 Å². The molecule has 6 nitrogen and oxygen atoms in total. The Morgan fingerprint density at radius 1 is 0.633 bits per heavy atom. The van der Waals surface area contributed by atoms with Gasteiger partial charge in [-0.05, 0) is 39.8 Å². The number of nitriles is 4. The van der Waals surface area contributed by atoms with Crippen molar-refractivity contribution in [3.8, 4) is 24.3 Å². The third kappa shape index (κ3) is 2.68. The summed E-state index contributed by atoms with van der Waals surface area (Å²) in [4.78, 5) is 0. The normalized spacial score (nSPS) is 12.6. The quantitative estimate of drug-likeness (QED) is 0.714. The number of hydrogen-bond donors (Lipinski definition) is 0. The summed E-state index contributed by atoms with van der Waals surface area (Å²) >= 11 is 0. The summed E-state index contributed by atoms with van der Waals surface area (Å²) < 4.78 is 4.08. The Kier molecular flexibility index (Phi) is 4.97. The van der Waals surface area contributed by atoms with E-state index in [4.69, 9.17) is 0 Å². The van der Waals surface area contributed by atoms with Gasteiger partial charge in [0.05, 0.1) is 0 Å². The third-order valence-corrected chi connectivity index (χ3v) is 6.04. The van der Waals surface area contributed by atoms with Crippen LogP contribution in [0.1, 0.15) is 33.9 Å². The van der Waals surface area contributed by atoms with Crippen molar-refractivity contribution in [2.45, 2.75) is 27.7 Å². The average molecular weight is 392 g/mol. The van der Waals surface area contributed by atoms with E-state index in [2.05, 4.69) is 0 Å². The van der Waals surface area contributed by atoms with Gasteiger partial charge in [-0.3, -0.25) is 0 Å². The number of allylic oxidation sites excluding steroid dienone is 6. The lowest BCUT2D eigenvalue weighted by Gasteiger charge is -2.32. The number of nitrogens with zero attached hydrogens (tertiary/aromatic N) is 6. The first-order chi connectivity index (χ1) is 14.2. The van der Waals surface area contributed by atoms with Gasteiger partial charge in [-0.15, -0.1) is 0 Å². The molecule has 6 heteroatoms. The van der Waals surface area contributed by atoms with Gasteiger partial charge in [0, 0.05) is 70.3 Å². The molecular weight excluding hydrogens is 372 g/mol. The molecule has 0 N–H and O–H groups in total. The zero-order valence-corrected chi connectivity index (χ0v) is 17.8. The van der Waals surface area contributed by atoms with Crippen molar-refractivity contribution in [1.82, 2.24) is 9.13 Å². The van der Waals surface area contributed by atoms with Crippen molar-refractivity contribution in [1.29, 1.82) is 21.0 Å². The van der Waals surface area contributed by atoms with Crippen LogP contribution in [0, 0.1) is 73.0 Å². The van der Waals surface area contributed by atoms with E-state index >= 15 is 0 Å². The Labute approximate surface area is 176 Å². The van der Waals surface area contributed by atoms with E-state index in [9.17, 15) is 21.0 Å². The van der Waals surface area contributed by atoms with E-state index < -0.39 is 0 Å². The van der Waals surface area contributed by atoms with Gasteiger partial charge in [-0.2, -0.15) is 21.0 Å². The fourth-order valence-corrected chi connectivity index (χ4v) is 3.97. The van der Waals surface area contributed by atoms with Gasteiger partial charge in [0.1, 0.15) is 35.4 Å². The van der Waals surface area contributed by atoms with Crippen molar-refractivity contribution in [2.75, 3.05) is 0 Å². The third-order valence-electron chi connectivity index (χ3n) is 6.04. The van der Waals surface area contributed by atoms with Gasteiger partial charge in [-0.25, -0.2) is 0 Å². The van der Waals surface area contributed by atoms with Crippen molar-refractivity contribution in [3.63, 3.8) is 0 Å². The second-order valence-corrected chi connectivity index (χ2v) is 7.38. The van der Waals surface area contributed by atoms with Crippen LogP contribution in [0.25, 0.3) is 11.1 Å². The average Bonchev–Trinajstić information content (AvgIpc) is 3.12. The van der Waals surface area contributed by atoms with Gasteiger partial charge < -0.3 is 9.13 Å². The zero-order valence-electron chi connectivity index (χ0n) is 17.8. The molecule has 0 radical (unpaired) electrons. The predicted molar refractivity (Wildman–Crippen MR) is 113 cm³/mol. The van der Waals surface area contributed by atoms with E-state index in [1.54, 1.807) is 0 Å². The molecule has 0 unspecified atom stereocenters. The van der Waals surface area contributed by atoms with Crippen LogP contribution in [-0.2, 0) is 14.1 Å². The number of hydrogen-bond acceptors (Lipinski definition) is 4. The van der Waals surface area contributed by atoms with Gasteiger partial charge in [0.15, 0.2) is 0 Å². The maximum atomic E-state index is 9.61. The van der Waals surface area contributed by atoms with E-state index in [0.717, 1.165) is 45.0 Å². The molecular formula is C24H20N6. The molecule has 0 saturated carbocycles. The Morgan fingerprint density at radius 3 is 1.13 bits per heavy atom. The molecule has 0 saturated heterocycles. The smallest absolute Gasteiger partial charge is 0.138 e. The van der Waals surface area contributed by atoms with Gasteiger partial charge in [0.25, 0.3) is 0 Å². The minimum atomic E-state index is -0.0991. The first kappa shape index (κ1) is 20.5. The molecule has 2 aromatic rings. The largest absolute Gasteiger partial charge is 0.352 e. The first-order valence-corrected chi connectivity index (χ1v) is 9.34. The van der Waals surface area contributed by atoms with Crippen LogP contribution in [0.4, 0.5) is 0 Å². The molecule has 0 amide bonds. The van der Waals surface area contributed by atoms with Crippen LogP contribution in [0.3, 0.4) is 0 Å². The van der Waals surface area contributed by atoms with E-state index in [-0.39, 0.29) is 11.1 Å². The van der Waals surface area contributed by atoms with E-state index in [1.807, 2.05) is 87.3 Å². The topological polar surface area (TPSA) is 105 Å². The highest BCUT2D eigenvalue weighted by Crippen LogP contribution is 2.55. The summed E-state index contributed by atoms with van der Waals surface area (Å²) in [6.07, 6.45) is 0. The molecule has 146 valence electrons. The fourth-order valence-electron chi connectivity index (χ4n) is 3.97. The Bertz CT molecular complexity index is 1230. The maximum absolute atomic E-state index is 9.61. The van der Waals surface area contributed by atoms with Crippen molar-refractivity contribution < 1.29 is 0 Å². The Hall–Kier alpha value is -4.26. The van der Waals surface area contributed by atoms with Crippen LogP contribution < -0.4 is 0 Å². The number of aryl methyl sites for hydroxylation is 2. The van der Waals surface area contributed by atoms with E-state index in [0.29, 0.717) is 11.1 Å². The highest BCUT2D eigenvalue weighted by molar-refractivity contribution is 6.21. The van der Waals surface area contributed by atoms with Gasteiger partial charge in [-0.1, -0.05) is 0 Å². The molecule has 2 aromatic heterocycles. The lowest BCUT2D eigenvalue weighted by Crippen LogP contribution is -2.16. The molecule has 0 bridgehead atoms. The summed E-state index contributed by atoms with van der Waals surface area (Å²) in [5.41, 5.74) is 7.83. The minimum absolute atomic E-state index is 0.0991. The lowest BCUT2D eigenvalue weighted by atomic mass is 9.68. The monoisotopic (exact) mass is 392 g/mol. The standard InChI is InChI=1S/C24H20N6/c1-13-7-19(15(3)29(13)5)23-21(17(9-25)10-26)22(18(11-27)12-28)24(23)20-8-14(2)30(6)16(20)4/h7-8H,1-6H3. The summed E-state index contributed by atoms with van der Waals surface area (Å²) in [6.45, 7) is 7.92. The van der Waals surface area contributed by atoms with Crippen LogP contribution in [0.15, 0.2) is 34.4 Å². The predicted octanol–water partition coefficient (Wildman–Crippen LogP) is 4.21. The highest BCUT2D eigenvalue weighted by atomic mass is 15.0. The molecule has 1 aliphatic carbocycles. The summed E-state index contributed by atoms with van der Waals surface area (Å²) in [5, 5.41) is 38.4. The Morgan fingerprint density at radius 2 is 0.933 bits per heavy atom. The highest BCUT2D eigenvalue weighted by Gasteiger charge is 2.39. The summed E-state index contributed by atoms with van der Waals surface area (Å²) in [7, 11) is 3.91. The van der Waals surface area contributed by atoms with Crippen molar-refractivity contribution in [3.05, 3.63) is 68.3 Å². The second-order valence-electron chi connectivity index (χ2n) is 7.38. The zero-order chi connectivity index (χ0) is 22.3. The van der Waals surface area contributed by atoms with Gasteiger partial charge in [0.2, 0.25) is 0 Å². The maximum Gasteiger partial charge on any atom is 0.138 e. The molecule has 0 fully saturated rings. The first-order valence-electron chi connectivity index (χ1n) is 9.34. The molecule has 1 aliphatic rings. The fraction of sp³-hybridized carbons (Fsp3) is 0.250. The van der Waals surface area contributed by atoms with Crippen LogP contribution >= 0.6 is 0 Å². The molecule has 0 aromatic carbocycles. The molecule has 0 aliphatic heterocycles. The number of rotatable bonds is 2. The van der Waals surface area contributed by atoms with Gasteiger partial charge >= 0.3 is 0 Å². The second kappa shape index (κ2) is 7.29. The molecule has 30 heavy (non-hydrogen) atoms. The number of aromatic nitrogens is 2. The SMILES string of the molecule is Cc1cc(C2=C(c3cc(C)n(C)c3C)C(=C(C#N)C#N)C2=C(C#N)C#N)c(C)n1C. The minimum Gasteiger partial charge on any atom is -0.352 e. The Balaban J connectivity index is 2.60. The molecule has 0 atom stereocenters. The molecule has 0 spiro atoms.